The summed E-state index contributed by atoms with van der Waals surface area (Å²) in [5.74, 6) is 0.366. The third-order valence-corrected chi connectivity index (χ3v) is 4.74. The van der Waals surface area contributed by atoms with Crippen molar-refractivity contribution >= 4 is 17.3 Å². The molecule has 0 atom stereocenters. The van der Waals surface area contributed by atoms with Crippen LogP contribution in [-0.4, -0.2) is 11.7 Å². The van der Waals surface area contributed by atoms with Crippen LogP contribution in [0.1, 0.15) is 67.8 Å². The maximum absolute atomic E-state index is 12.7. The average Bonchev–Trinajstić information content (AvgIpc) is 3.13. The molecular formula is C19H23NO2. The second-order valence-corrected chi connectivity index (χ2v) is 6.30. The van der Waals surface area contributed by atoms with Crippen LogP contribution in [0.15, 0.2) is 30.0 Å². The van der Waals surface area contributed by atoms with Crippen LogP contribution < -0.4 is 5.32 Å². The fraction of sp³-hybridized carbons (Fsp3) is 0.474. The van der Waals surface area contributed by atoms with Gasteiger partial charge < -0.3 is 5.32 Å². The zero-order chi connectivity index (χ0) is 15.5. The molecule has 0 unspecified atom stereocenters. The van der Waals surface area contributed by atoms with Gasteiger partial charge in [-0.1, -0.05) is 50.5 Å². The van der Waals surface area contributed by atoms with Gasteiger partial charge in [0, 0.05) is 12.0 Å². The summed E-state index contributed by atoms with van der Waals surface area (Å²) in [6, 6.07) is 7.76. The van der Waals surface area contributed by atoms with E-state index in [1.807, 2.05) is 24.3 Å². The van der Waals surface area contributed by atoms with Crippen molar-refractivity contribution in [2.75, 3.05) is 0 Å². The smallest absolute Gasteiger partial charge is 0.224 e. The summed E-state index contributed by atoms with van der Waals surface area (Å²) in [5.41, 5.74) is 3.41. The molecule has 116 valence electrons. The molecule has 0 aliphatic heterocycles. The Hall–Kier alpha value is -1.90. The summed E-state index contributed by atoms with van der Waals surface area (Å²) in [7, 11) is 0. The van der Waals surface area contributed by atoms with Crippen molar-refractivity contribution in [1.82, 2.24) is 5.32 Å². The van der Waals surface area contributed by atoms with Crippen molar-refractivity contribution in [2.24, 2.45) is 5.92 Å². The first kappa shape index (κ1) is 15.0. The molecule has 3 rings (SSSR count). The number of unbranched alkanes of at least 4 members (excludes halogenated alkanes) is 1. The van der Waals surface area contributed by atoms with E-state index >= 15 is 0 Å². The van der Waals surface area contributed by atoms with Crippen LogP contribution in [0, 0.1) is 5.92 Å². The molecule has 0 spiro atoms. The van der Waals surface area contributed by atoms with E-state index in [2.05, 4.69) is 12.2 Å². The minimum Gasteiger partial charge on any atom is -0.323 e. The number of Topliss-reactive ketones (excluding diaryl/α,β-unsaturated/α-hetero) is 1. The van der Waals surface area contributed by atoms with E-state index < -0.39 is 0 Å². The number of hydrogen-bond donors (Lipinski definition) is 1. The molecule has 0 heterocycles. The number of ketones is 1. The number of carbonyl (C=O) groups is 2. The highest BCUT2D eigenvalue weighted by Gasteiger charge is 2.35. The largest absolute Gasteiger partial charge is 0.323 e. The SMILES string of the molecule is CCCCC(=O)NC1=C(C2CCCC2)c2ccccc2C1=O. The van der Waals surface area contributed by atoms with Crippen LogP contribution in [-0.2, 0) is 4.79 Å². The van der Waals surface area contributed by atoms with E-state index in [0.29, 0.717) is 18.0 Å². The van der Waals surface area contributed by atoms with E-state index in [1.54, 1.807) is 0 Å². The first-order valence-electron chi connectivity index (χ1n) is 8.40. The first-order chi connectivity index (χ1) is 10.7. The molecule has 2 aliphatic rings. The van der Waals surface area contributed by atoms with Crippen LogP contribution in [0.4, 0.5) is 0 Å². The number of amides is 1. The molecule has 1 aromatic rings. The van der Waals surface area contributed by atoms with E-state index in [1.165, 1.54) is 12.8 Å². The quantitative estimate of drug-likeness (QED) is 0.889. The first-order valence-corrected chi connectivity index (χ1v) is 8.40. The highest BCUT2D eigenvalue weighted by atomic mass is 16.2. The van der Waals surface area contributed by atoms with Gasteiger partial charge in [-0.3, -0.25) is 9.59 Å². The van der Waals surface area contributed by atoms with E-state index in [4.69, 9.17) is 0 Å². The summed E-state index contributed by atoms with van der Waals surface area (Å²) >= 11 is 0. The predicted molar refractivity (Wildman–Crippen MR) is 87.3 cm³/mol. The van der Waals surface area contributed by atoms with Gasteiger partial charge in [-0.15, -0.1) is 0 Å². The maximum atomic E-state index is 12.7. The van der Waals surface area contributed by atoms with E-state index in [-0.39, 0.29) is 11.7 Å². The molecule has 22 heavy (non-hydrogen) atoms. The minimum atomic E-state index is -0.0338. The highest BCUT2D eigenvalue weighted by molar-refractivity contribution is 6.21. The number of fused-ring (bicyclic) bond motifs is 1. The number of allylic oxidation sites excluding steroid dienone is 2. The van der Waals surface area contributed by atoms with Crippen LogP contribution in [0.3, 0.4) is 0 Å². The Balaban J connectivity index is 1.93. The molecule has 1 saturated carbocycles. The van der Waals surface area contributed by atoms with Crippen molar-refractivity contribution in [3.8, 4) is 0 Å². The van der Waals surface area contributed by atoms with E-state index in [0.717, 1.165) is 42.4 Å². The molecule has 0 saturated heterocycles. The Bertz CT molecular complexity index is 624. The minimum absolute atomic E-state index is 0.0117. The third-order valence-electron chi connectivity index (χ3n) is 4.74. The van der Waals surface area contributed by atoms with Gasteiger partial charge in [-0.05, 0) is 36.3 Å². The highest BCUT2D eigenvalue weighted by Crippen LogP contribution is 2.43. The second-order valence-electron chi connectivity index (χ2n) is 6.30. The zero-order valence-electron chi connectivity index (χ0n) is 13.2. The number of nitrogens with one attached hydrogen (secondary N) is 1. The molecular weight excluding hydrogens is 274 g/mol. The van der Waals surface area contributed by atoms with Crippen LogP contribution in [0.2, 0.25) is 0 Å². The fourth-order valence-electron chi connectivity index (χ4n) is 3.61. The lowest BCUT2D eigenvalue weighted by atomic mass is 9.92. The predicted octanol–water partition coefficient (Wildman–Crippen LogP) is 4.09. The van der Waals surface area contributed by atoms with Gasteiger partial charge in [-0.2, -0.15) is 0 Å². The number of benzene rings is 1. The van der Waals surface area contributed by atoms with Gasteiger partial charge in [0.1, 0.15) is 0 Å². The summed E-state index contributed by atoms with van der Waals surface area (Å²) in [6.45, 7) is 2.06. The molecule has 2 aliphatic carbocycles. The lowest BCUT2D eigenvalue weighted by Crippen LogP contribution is -2.26. The Morgan fingerprint density at radius 1 is 1.18 bits per heavy atom. The van der Waals surface area contributed by atoms with Gasteiger partial charge in [-0.25, -0.2) is 0 Å². The molecule has 0 radical (unpaired) electrons. The standard InChI is InChI=1S/C19H23NO2/c1-2-3-12-16(21)20-18-17(13-8-4-5-9-13)14-10-6-7-11-15(14)19(18)22/h6-7,10-11,13H,2-5,8-9,12H2,1H3,(H,20,21,22). The van der Waals surface area contributed by atoms with Crippen LogP contribution >= 0.6 is 0 Å². The van der Waals surface area contributed by atoms with Crippen LogP contribution in [0.25, 0.3) is 5.57 Å². The van der Waals surface area contributed by atoms with Gasteiger partial charge in [0.2, 0.25) is 11.7 Å². The molecule has 1 N–H and O–H groups in total. The summed E-state index contributed by atoms with van der Waals surface area (Å²) < 4.78 is 0. The Kier molecular flexibility index (Phi) is 4.41. The number of rotatable bonds is 5. The molecule has 3 nitrogen and oxygen atoms in total. The Morgan fingerprint density at radius 2 is 1.86 bits per heavy atom. The zero-order valence-corrected chi connectivity index (χ0v) is 13.2. The van der Waals surface area contributed by atoms with Crippen molar-refractivity contribution < 1.29 is 9.59 Å². The second kappa shape index (κ2) is 6.47. The van der Waals surface area contributed by atoms with Crippen molar-refractivity contribution in [3.05, 3.63) is 41.1 Å². The van der Waals surface area contributed by atoms with Crippen molar-refractivity contribution in [3.63, 3.8) is 0 Å². The van der Waals surface area contributed by atoms with Crippen molar-refractivity contribution in [1.29, 1.82) is 0 Å². The van der Waals surface area contributed by atoms with Gasteiger partial charge in [0.15, 0.2) is 0 Å². The lowest BCUT2D eigenvalue weighted by molar-refractivity contribution is -0.120. The van der Waals surface area contributed by atoms with Crippen molar-refractivity contribution in [2.45, 2.75) is 51.9 Å². The molecule has 0 aromatic heterocycles. The molecule has 3 heteroatoms. The number of carbonyl (C=O) groups excluding carboxylic acids is 2. The molecule has 0 bridgehead atoms. The monoisotopic (exact) mass is 297 g/mol. The third kappa shape index (κ3) is 2.72. The maximum Gasteiger partial charge on any atom is 0.224 e. The molecule has 1 fully saturated rings. The fourth-order valence-corrected chi connectivity index (χ4v) is 3.61. The Morgan fingerprint density at radius 3 is 2.55 bits per heavy atom. The summed E-state index contributed by atoms with van der Waals surface area (Å²) in [6.07, 6.45) is 6.98. The van der Waals surface area contributed by atoms with Gasteiger partial charge >= 0.3 is 0 Å². The molecule has 1 aromatic carbocycles. The number of hydrogen-bond acceptors (Lipinski definition) is 2. The summed E-state index contributed by atoms with van der Waals surface area (Å²) in [4.78, 5) is 24.8. The Labute approximate surface area is 131 Å². The van der Waals surface area contributed by atoms with Gasteiger partial charge in [0.05, 0.1) is 5.70 Å². The van der Waals surface area contributed by atoms with Crippen LogP contribution in [0.5, 0.6) is 0 Å². The summed E-state index contributed by atoms with van der Waals surface area (Å²) in [5, 5.41) is 2.93. The average molecular weight is 297 g/mol. The topological polar surface area (TPSA) is 46.2 Å². The molecule has 1 amide bonds. The normalized spacial score (nSPS) is 18.0. The van der Waals surface area contributed by atoms with E-state index in [9.17, 15) is 9.59 Å². The van der Waals surface area contributed by atoms with Gasteiger partial charge in [0.25, 0.3) is 0 Å². The lowest BCUT2D eigenvalue weighted by Gasteiger charge is -2.15.